The zero-order chi connectivity index (χ0) is 23.7. The molecule has 0 saturated heterocycles. The first-order valence-corrected chi connectivity index (χ1v) is 11.7. The number of para-hydroxylation sites is 1. The molecule has 2 aliphatic rings. The lowest BCUT2D eigenvalue weighted by Crippen LogP contribution is -2.25. The van der Waals surface area contributed by atoms with E-state index in [4.69, 9.17) is 9.47 Å². The van der Waals surface area contributed by atoms with Crippen LogP contribution < -0.4 is 15.4 Å². The summed E-state index contributed by atoms with van der Waals surface area (Å²) in [6.07, 6.45) is 1.94. The number of aryl methyl sites for hydroxylation is 1. The highest BCUT2D eigenvalue weighted by Crippen LogP contribution is 2.41. The van der Waals surface area contributed by atoms with Crippen LogP contribution in [-0.4, -0.2) is 17.5 Å². The van der Waals surface area contributed by atoms with E-state index in [1.165, 1.54) is 11.1 Å². The van der Waals surface area contributed by atoms with Crippen LogP contribution in [0, 0.1) is 6.92 Å². The number of rotatable bonds is 6. The van der Waals surface area contributed by atoms with E-state index < -0.39 is 0 Å². The molecule has 2 N–H and O–H groups in total. The van der Waals surface area contributed by atoms with Crippen molar-refractivity contribution in [2.45, 2.75) is 39.9 Å². The van der Waals surface area contributed by atoms with Crippen LogP contribution in [0.4, 0.5) is 11.4 Å². The Labute approximate surface area is 200 Å². The van der Waals surface area contributed by atoms with Crippen LogP contribution in [0.25, 0.3) is 0 Å². The molecule has 0 saturated carbocycles. The quantitative estimate of drug-likeness (QED) is 0.447. The SMILES string of the molecule is CCOC(=O)c1ccccc1NC(C)c1cc(C)cc2c1OC(N1Cc3ccccc3C1)=CN2. The van der Waals surface area contributed by atoms with Crippen molar-refractivity contribution in [1.29, 1.82) is 0 Å². The van der Waals surface area contributed by atoms with Crippen LogP contribution in [0.5, 0.6) is 5.75 Å². The fraction of sp³-hybridized carbons (Fsp3) is 0.250. The Bertz CT molecular complexity index is 1240. The molecule has 0 amide bonds. The molecule has 0 aliphatic carbocycles. The summed E-state index contributed by atoms with van der Waals surface area (Å²) in [5, 5.41) is 6.93. The summed E-state index contributed by atoms with van der Waals surface area (Å²) in [7, 11) is 0. The first-order valence-electron chi connectivity index (χ1n) is 11.7. The van der Waals surface area contributed by atoms with Crippen LogP contribution in [0.2, 0.25) is 0 Å². The Kier molecular flexibility index (Phi) is 5.88. The molecule has 5 rings (SSSR count). The van der Waals surface area contributed by atoms with E-state index in [9.17, 15) is 4.79 Å². The van der Waals surface area contributed by atoms with Gasteiger partial charge in [0.2, 0.25) is 5.88 Å². The third kappa shape index (κ3) is 4.19. The fourth-order valence-corrected chi connectivity index (χ4v) is 4.57. The molecule has 1 atom stereocenters. The summed E-state index contributed by atoms with van der Waals surface area (Å²) in [5.74, 6) is 1.27. The largest absolute Gasteiger partial charge is 0.462 e. The number of carbonyl (C=O) groups is 1. The summed E-state index contributed by atoms with van der Waals surface area (Å²) in [5.41, 5.74) is 6.99. The maximum absolute atomic E-state index is 12.4. The molecule has 1 unspecified atom stereocenters. The maximum atomic E-state index is 12.4. The van der Waals surface area contributed by atoms with Crippen molar-refractivity contribution >= 4 is 17.3 Å². The number of nitrogens with one attached hydrogen (secondary N) is 2. The Morgan fingerprint density at radius 2 is 1.82 bits per heavy atom. The van der Waals surface area contributed by atoms with Gasteiger partial charge in [-0.1, -0.05) is 42.5 Å². The monoisotopic (exact) mass is 455 g/mol. The van der Waals surface area contributed by atoms with Gasteiger partial charge in [0.05, 0.1) is 30.1 Å². The van der Waals surface area contributed by atoms with Crippen molar-refractivity contribution < 1.29 is 14.3 Å². The van der Waals surface area contributed by atoms with E-state index in [0.717, 1.165) is 47.2 Å². The van der Waals surface area contributed by atoms with Crippen molar-refractivity contribution in [1.82, 2.24) is 4.90 Å². The average Bonchev–Trinajstić information content (AvgIpc) is 3.28. The van der Waals surface area contributed by atoms with Crippen LogP contribution in [-0.2, 0) is 17.8 Å². The number of ether oxygens (including phenoxy) is 2. The van der Waals surface area contributed by atoms with Gasteiger partial charge in [-0.3, -0.25) is 0 Å². The van der Waals surface area contributed by atoms with Crippen molar-refractivity contribution in [2.24, 2.45) is 0 Å². The number of anilines is 2. The average molecular weight is 456 g/mol. The molecule has 0 radical (unpaired) electrons. The lowest BCUT2D eigenvalue weighted by Gasteiger charge is -2.29. The minimum Gasteiger partial charge on any atom is -0.462 e. The summed E-state index contributed by atoms with van der Waals surface area (Å²) < 4.78 is 11.7. The molecule has 6 heteroatoms. The zero-order valence-electron chi connectivity index (χ0n) is 19.7. The standard InChI is InChI=1S/C28H29N3O3/c1-4-33-28(32)22-11-7-8-12-24(22)30-19(3)23-13-18(2)14-25-27(23)34-26(15-29-25)31-16-20-9-5-6-10-21(20)17-31/h5-15,19,29-30H,4,16-17H2,1-3H3. The van der Waals surface area contributed by atoms with E-state index in [1.54, 1.807) is 6.07 Å². The molecule has 0 fully saturated rings. The van der Waals surface area contributed by atoms with E-state index in [1.807, 2.05) is 31.3 Å². The number of esters is 1. The van der Waals surface area contributed by atoms with Gasteiger partial charge in [-0.05, 0) is 55.7 Å². The molecular weight excluding hydrogens is 426 g/mol. The van der Waals surface area contributed by atoms with Gasteiger partial charge in [-0.15, -0.1) is 0 Å². The zero-order valence-corrected chi connectivity index (χ0v) is 19.7. The predicted molar refractivity (Wildman–Crippen MR) is 134 cm³/mol. The van der Waals surface area contributed by atoms with Crippen LogP contribution in [0.1, 0.15) is 52.5 Å². The van der Waals surface area contributed by atoms with Gasteiger partial charge >= 0.3 is 5.97 Å². The first-order chi connectivity index (χ1) is 16.5. The number of benzene rings is 3. The van der Waals surface area contributed by atoms with Gasteiger partial charge in [0.15, 0.2) is 5.75 Å². The highest BCUT2D eigenvalue weighted by Gasteiger charge is 2.27. The summed E-state index contributed by atoms with van der Waals surface area (Å²) in [4.78, 5) is 14.7. The molecule has 6 nitrogen and oxygen atoms in total. The third-order valence-electron chi connectivity index (χ3n) is 6.23. The number of hydrogen-bond acceptors (Lipinski definition) is 6. The molecular formula is C28H29N3O3. The van der Waals surface area contributed by atoms with E-state index in [-0.39, 0.29) is 12.0 Å². The number of nitrogens with zero attached hydrogens (tertiary/aromatic N) is 1. The molecule has 2 aliphatic heterocycles. The molecule has 0 spiro atoms. The van der Waals surface area contributed by atoms with Crippen molar-refractivity contribution in [3.63, 3.8) is 0 Å². The van der Waals surface area contributed by atoms with Gasteiger partial charge < -0.3 is 25.0 Å². The van der Waals surface area contributed by atoms with Gasteiger partial charge in [0, 0.05) is 24.3 Å². The molecule has 2 heterocycles. The maximum Gasteiger partial charge on any atom is 0.340 e. The second-order valence-corrected chi connectivity index (χ2v) is 8.72. The van der Waals surface area contributed by atoms with E-state index in [2.05, 4.69) is 65.8 Å². The van der Waals surface area contributed by atoms with E-state index >= 15 is 0 Å². The number of fused-ring (bicyclic) bond motifs is 2. The number of hydrogen-bond donors (Lipinski definition) is 2. The minimum absolute atomic E-state index is 0.110. The second kappa shape index (κ2) is 9.14. The highest BCUT2D eigenvalue weighted by atomic mass is 16.5. The second-order valence-electron chi connectivity index (χ2n) is 8.72. The summed E-state index contributed by atoms with van der Waals surface area (Å²) >= 11 is 0. The predicted octanol–water partition coefficient (Wildman–Crippen LogP) is 5.96. The molecule has 3 aromatic carbocycles. The van der Waals surface area contributed by atoms with Crippen molar-refractivity contribution in [3.05, 3.63) is 101 Å². The number of carbonyl (C=O) groups excluding carboxylic acids is 1. The van der Waals surface area contributed by atoms with E-state index in [0.29, 0.717) is 12.2 Å². The van der Waals surface area contributed by atoms with Gasteiger partial charge in [0.1, 0.15) is 0 Å². The van der Waals surface area contributed by atoms with Crippen LogP contribution in [0.3, 0.4) is 0 Å². The van der Waals surface area contributed by atoms with Crippen molar-refractivity contribution in [2.75, 3.05) is 17.2 Å². The third-order valence-corrected chi connectivity index (χ3v) is 6.23. The Balaban J connectivity index is 1.40. The van der Waals surface area contributed by atoms with Crippen molar-refractivity contribution in [3.8, 4) is 5.75 Å². The Hall–Kier alpha value is -3.93. The molecule has 174 valence electrons. The normalized spacial score (nSPS) is 14.8. The topological polar surface area (TPSA) is 62.8 Å². The smallest absolute Gasteiger partial charge is 0.340 e. The molecule has 34 heavy (non-hydrogen) atoms. The first kappa shape index (κ1) is 21.9. The summed E-state index contributed by atoms with van der Waals surface area (Å²) in [6, 6.07) is 20.0. The minimum atomic E-state index is -0.333. The Morgan fingerprint density at radius 3 is 2.56 bits per heavy atom. The van der Waals surface area contributed by atoms with Gasteiger partial charge in [0.25, 0.3) is 0 Å². The lowest BCUT2D eigenvalue weighted by atomic mass is 10.0. The van der Waals surface area contributed by atoms with Gasteiger partial charge in [-0.25, -0.2) is 4.79 Å². The fourth-order valence-electron chi connectivity index (χ4n) is 4.57. The molecule has 0 bridgehead atoms. The van der Waals surface area contributed by atoms with Crippen LogP contribution >= 0.6 is 0 Å². The lowest BCUT2D eigenvalue weighted by molar-refractivity contribution is 0.0527. The summed E-state index contributed by atoms with van der Waals surface area (Å²) in [6.45, 7) is 7.93. The Morgan fingerprint density at radius 1 is 1.12 bits per heavy atom. The van der Waals surface area contributed by atoms with Crippen LogP contribution in [0.15, 0.2) is 72.7 Å². The highest BCUT2D eigenvalue weighted by molar-refractivity contribution is 5.95. The molecule has 0 aromatic heterocycles. The van der Waals surface area contributed by atoms with Gasteiger partial charge in [-0.2, -0.15) is 0 Å². The molecule has 3 aromatic rings.